The van der Waals surface area contributed by atoms with Gasteiger partial charge in [-0.2, -0.15) is 0 Å². The Labute approximate surface area is 102 Å². The van der Waals surface area contributed by atoms with Crippen LogP contribution in [-0.2, 0) is 4.79 Å². The van der Waals surface area contributed by atoms with Gasteiger partial charge in [0.1, 0.15) is 0 Å². The highest BCUT2D eigenvalue weighted by Crippen LogP contribution is 2.17. The van der Waals surface area contributed by atoms with Gasteiger partial charge in [-0.1, -0.05) is 39.5 Å². The van der Waals surface area contributed by atoms with Gasteiger partial charge < -0.3 is 5.73 Å². The third kappa shape index (κ3) is 4.41. The number of benzene rings is 1. The summed E-state index contributed by atoms with van der Waals surface area (Å²) in [6.07, 6.45) is 0. The van der Waals surface area contributed by atoms with E-state index in [1.807, 2.05) is 12.1 Å². The molecule has 0 fully saturated rings. The van der Waals surface area contributed by atoms with Crippen molar-refractivity contribution < 1.29 is 4.79 Å². The van der Waals surface area contributed by atoms with Crippen molar-refractivity contribution in [2.24, 2.45) is 0 Å². The van der Waals surface area contributed by atoms with Gasteiger partial charge in [-0.15, -0.1) is 0 Å². The first-order chi connectivity index (χ1) is 7.09. The molecule has 15 heavy (non-hydrogen) atoms. The van der Waals surface area contributed by atoms with Crippen molar-refractivity contribution in [2.75, 3.05) is 11.5 Å². The lowest BCUT2D eigenvalue weighted by Gasteiger charge is -1.97. The molecule has 0 bridgehead atoms. The van der Waals surface area contributed by atoms with Gasteiger partial charge in [0, 0.05) is 22.6 Å². The number of halogens is 1. The first-order valence-corrected chi connectivity index (χ1v) is 6.04. The van der Waals surface area contributed by atoms with Gasteiger partial charge in [-0.05, 0) is 18.2 Å². The number of nitrogens with two attached hydrogens (primary N) is 1. The van der Waals surface area contributed by atoms with E-state index in [0.717, 1.165) is 10.0 Å². The average Bonchev–Trinajstić information content (AvgIpc) is 2.17. The van der Waals surface area contributed by atoms with E-state index < -0.39 is 0 Å². The van der Waals surface area contributed by atoms with Gasteiger partial charge in [0.25, 0.3) is 0 Å². The second-order valence-electron chi connectivity index (χ2n) is 2.81. The molecule has 0 amide bonds. The summed E-state index contributed by atoms with van der Waals surface area (Å²) in [6, 6.07) is 5.53. The maximum absolute atomic E-state index is 10.6. The van der Waals surface area contributed by atoms with Crippen LogP contribution in [0.15, 0.2) is 22.7 Å². The fraction of sp³-hybridized carbons (Fsp3) is 0.182. The molecule has 0 atom stereocenters. The Kier molecular flexibility index (Phi) is 4.73. The predicted molar refractivity (Wildman–Crippen MR) is 68.6 cm³/mol. The molecule has 0 unspecified atom stereocenters. The number of carbonyl (C=O) groups excluding carboxylic acids is 1. The highest BCUT2D eigenvalue weighted by Gasteiger charge is 1.95. The number of hydrogen-bond acceptors (Lipinski definition) is 3. The molecule has 0 aromatic heterocycles. The second kappa shape index (κ2) is 5.84. The summed E-state index contributed by atoms with van der Waals surface area (Å²) in [6.45, 7) is 1.53. The topological polar surface area (TPSA) is 43.1 Å². The quantitative estimate of drug-likeness (QED) is 0.637. The normalized spacial score (nSPS) is 9.20. The smallest absolute Gasteiger partial charge is 0.186 e. The van der Waals surface area contributed by atoms with Crippen LogP contribution in [0.2, 0.25) is 0 Å². The molecule has 2 N–H and O–H groups in total. The summed E-state index contributed by atoms with van der Waals surface area (Å²) < 4.78 is 0.945. The van der Waals surface area contributed by atoms with E-state index in [0.29, 0.717) is 11.4 Å². The Balaban J connectivity index is 2.71. The van der Waals surface area contributed by atoms with Gasteiger partial charge in [-0.3, -0.25) is 4.79 Å². The third-order valence-electron chi connectivity index (χ3n) is 1.59. The van der Waals surface area contributed by atoms with Crippen molar-refractivity contribution in [1.82, 2.24) is 0 Å². The number of hydrogen-bond donors (Lipinski definition) is 1. The van der Waals surface area contributed by atoms with Gasteiger partial charge in [0.15, 0.2) is 5.12 Å². The van der Waals surface area contributed by atoms with Crippen molar-refractivity contribution in [3.05, 3.63) is 28.2 Å². The Morgan fingerprint density at radius 2 is 2.33 bits per heavy atom. The van der Waals surface area contributed by atoms with E-state index in [2.05, 4.69) is 27.8 Å². The lowest BCUT2D eigenvalue weighted by molar-refractivity contribution is -0.109. The summed E-state index contributed by atoms with van der Waals surface area (Å²) in [5.41, 5.74) is 7.17. The van der Waals surface area contributed by atoms with E-state index in [1.54, 1.807) is 6.07 Å². The lowest BCUT2D eigenvalue weighted by atomic mass is 10.2. The summed E-state index contributed by atoms with van der Waals surface area (Å²) in [4.78, 5) is 10.6. The van der Waals surface area contributed by atoms with Crippen LogP contribution in [-0.4, -0.2) is 10.9 Å². The molecule has 1 aromatic rings. The Hall–Kier alpha value is -0.920. The zero-order valence-corrected chi connectivity index (χ0v) is 10.6. The molecule has 2 nitrogen and oxygen atoms in total. The van der Waals surface area contributed by atoms with E-state index in [4.69, 9.17) is 5.73 Å². The van der Waals surface area contributed by atoms with Crippen LogP contribution < -0.4 is 5.73 Å². The third-order valence-corrected chi connectivity index (χ3v) is 2.77. The lowest BCUT2D eigenvalue weighted by Crippen LogP contribution is -1.89. The number of anilines is 1. The molecular formula is C11H10BrNOS. The molecule has 0 aliphatic carbocycles. The molecule has 1 aromatic carbocycles. The molecule has 0 heterocycles. The number of thioether (sulfide) groups is 1. The van der Waals surface area contributed by atoms with Gasteiger partial charge in [0.2, 0.25) is 0 Å². The maximum Gasteiger partial charge on any atom is 0.186 e. The minimum Gasteiger partial charge on any atom is -0.398 e. The van der Waals surface area contributed by atoms with Crippen molar-refractivity contribution in [3.63, 3.8) is 0 Å². The molecule has 0 aliphatic heterocycles. The van der Waals surface area contributed by atoms with Crippen molar-refractivity contribution >= 4 is 38.5 Å². The molecule has 4 heteroatoms. The number of nitrogen functional groups attached to an aromatic ring is 1. The van der Waals surface area contributed by atoms with Crippen LogP contribution in [0.4, 0.5) is 5.69 Å². The minimum atomic E-state index is 0.0755. The van der Waals surface area contributed by atoms with Crippen molar-refractivity contribution in [3.8, 4) is 11.8 Å². The molecule has 0 saturated heterocycles. The maximum atomic E-state index is 10.6. The first-order valence-electron chi connectivity index (χ1n) is 4.27. The molecule has 0 radical (unpaired) electrons. The van der Waals surface area contributed by atoms with Crippen LogP contribution in [0.3, 0.4) is 0 Å². The van der Waals surface area contributed by atoms with E-state index >= 15 is 0 Å². The summed E-state index contributed by atoms with van der Waals surface area (Å²) >= 11 is 4.54. The Morgan fingerprint density at radius 3 is 3.00 bits per heavy atom. The molecule has 0 spiro atoms. The predicted octanol–water partition coefficient (Wildman–Crippen LogP) is 2.66. The zero-order chi connectivity index (χ0) is 11.3. The highest BCUT2D eigenvalue weighted by molar-refractivity contribution is 9.10. The fourth-order valence-corrected chi connectivity index (χ4v) is 1.61. The number of carbonyl (C=O) groups is 1. The van der Waals surface area contributed by atoms with E-state index in [-0.39, 0.29) is 5.12 Å². The van der Waals surface area contributed by atoms with Crippen LogP contribution in [0, 0.1) is 11.8 Å². The van der Waals surface area contributed by atoms with Crippen LogP contribution in [0.1, 0.15) is 12.5 Å². The second-order valence-corrected chi connectivity index (χ2v) is 4.88. The summed E-state index contributed by atoms with van der Waals surface area (Å²) in [5, 5.41) is 0.0755. The molecule has 78 valence electrons. The van der Waals surface area contributed by atoms with Gasteiger partial charge in [0.05, 0.1) is 5.75 Å². The minimum absolute atomic E-state index is 0.0755. The molecule has 0 aliphatic rings. The van der Waals surface area contributed by atoms with Crippen LogP contribution in [0.5, 0.6) is 0 Å². The van der Waals surface area contributed by atoms with Gasteiger partial charge >= 0.3 is 0 Å². The molecule has 0 saturated carbocycles. The summed E-state index contributed by atoms with van der Waals surface area (Å²) in [7, 11) is 0. The van der Waals surface area contributed by atoms with E-state index in [9.17, 15) is 4.79 Å². The van der Waals surface area contributed by atoms with E-state index in [1.165, 1.54) is 18.7 Å². The average molecular weight is 284 g/mol. The number of rotatable bonds is 1. The van der Waals surface area contributed by atoms with Crippen LogP contribution >= 0.6 is 27.7 Å². The Bertz CT molecular complexity index is 434. The highest BCUT2D eigenvalue weighted by atomic mass is 79.9. The van der Waals surface area contributed by atoms with Crippen molar-refractivity contribution in [1.29, 1.82) is 0 Å². The summed E-state index contributed by atoms with van der Waals surface area (Å²) in [5.74, 6) is 6.32. The Morgan fingerprint density at radius 1 is 1.60 bits per heavy atom. The van der Waals surface area contributed by atoms with Crippen LogP contribution in [0.25, 0.3) is 0 Å². The monoisotopic (exact) mass is 283 g/mol. The largest absolute Gasteiger partial charge is 0.398 e. The van der Waals surface area contributed by atoms with Gasteiger partial charge in [-0.25, -0.2) is 0 Å². The fourth-order valence-electron chi connectivity index (χ4n) is 0.906. The first kappa shape index (κ1) is 12.2. The standard InChI is InChI=1S/C11H10BrNOS/c1-8(14)15-6-2-3-9-7-10(12)4-5-11(9)13/h4-5,7H,6,13H2,1H3. The van der Waals surface area contributed by atoms with Crippen molar-refractivity contribution in [2.45, 2.75) is 6.92 Å². The molecular weight excluding hydrogens is 274 g/mol. The zero-order valence-electron chi connectivity index (χ0n) is 8.21. The molecule has 1 rings (SSSR count). The SMILES string of the molecule is CC(=O)SCC#Cc1cc(Br)ccc1N.